The Balaban J connectivity index is 1.86. The third-order valence-corrected chi connectivity index (χ3v) is 8.41. The zero-order valence-corrected chi connectivity index (χ0v) is 22.9. The number of amides is 1. The van der Waals surface area contributed by atoms with E-state index >= 15 is 0 Å². The highest BCUT2D eigenvalue weighted by atomic mass is 79.9. The Kier molecular flexibility index (Phi) is 9.00. The number of nitrogens with one attached hydrogen (secondary N) is 1. The van der Waals surface area contributed by atoms with Crippen molar-refractivity contribution in [3.8, 4) is 0 Å². The fraction of sp³-hybridized carbons (Fsp3) is 0.174. The summed E-state index contributed by atoms with van der Waals surface area (Å²) in [5.74, 6) is -0.428. The number of nitrogens with zero attached hydrogens (tertiary/aromatic N) is 1. The van der Waals surface area contributed by atoms with Gasteiger partial charge in [0.2, 0.25) is 15.9 Å². The molecule has 0 saturated carbocycles. The summed E-state index contributed by atoms with van der Waals surface area (Å²) in [6.07, 6.45) is 0. The van der Waals surface area contributed by atoms with Gasteiger partial charge in [0.1, 0.15) is 0 Å². The Morgan fingerprint density at radius 1 is 0.970 bits per heavy atom. The fourth-order valence-corrected chi connectivity index (χ4v) is 5.52. The number of benzene rings is 3. The van der Waals surface area contributed by atoms with Crippen molar-refractivity contribution in [2.45, 2.75) is 24.4 Å². The average molecular weight is 635 g/mol. The molecule has 0 radical (unpaired) electrons. The molecule has 0 bridgehead atoms. The highest BCUT2D eigenvalue weighted by molar-refractivity contribution is 9.10. The minimum Gasteiger partial charge on any atom is -0.348 e. The van der Waals surface area contributed by atoms with Gasteiger partial charge in [0.15, 0.2) is 0 Å². The van der Waals surface area contributed by atoms with Crippen LogP contribution in [0, 0.1) is 0 Å². The minimum absolute atomic E-state index is 0.0476. The highest BCUT2D eigenvalue weighted by Gasteiger charge is 2.27. The van der Waals surface area contributed by atoms with Crippen molar-refractivity contribution in [1.29, 1.82) is 0 Å². The van der Waals surface area contributed by atoms with E-state index in [1.165, 1.54) is 12.1 Å². The van der Waals surface area contributed by atoms with Gasteiger partial charge in [-0.3, -0.25) is 4.79 Å². The summed E-state index contributed by atoms with van der Waals surface area (Å²) in [5.41, 5.74) is 1.50. The predicted molar refractivity (Wildman–Crippen MR) is 139 cm³/mol. The Labute approximate surface area is 220 Å². The molecule has 5 nitrogen and oxygen atoms in total. The van der Waals surface area contributed by atoms with Crippen molar-refractivity contribution in [1.82, 2.24) is 9.62 Å². The quantitative estimate of drug-likeness (QED) is 0.304. The van der Waals surface area contributed by atoms with E-state index < -0.39 is 15.9 Å². The van der Waals surface area contributed by atoms with Crippen LogP contribution in [0.15, 0.2) is 80.6 Å². The molecular weight excluding hydrogens is 615 g/mol. The first-order valence-electron chi connectivity index (χ1n) is 9.81. The summed E-state index contributed by atoms with van der Waals surface area (Å²) in [6, 6.07) is 18.4. The first-order valence-corrected chi connectivity index (χ1v) is 13.6. The Bertz CT molecular complexity index is 1250. The summed E-state index contributed by atoms with van der Waals surface area (Å²) >= 11 is 18.8. The first-order chi connectivity index (χ1) is 15.6. The van der Waals surface area contributed by atoms with Crippen LogP contribution in [0.1, 0.15) is 24.1 Å². The predicted octanol–water partition coefficient (Wildman–Crippen LogP) is 6.59. The monoisotopic (exact) mass is 632 g/mol. The van der Waals surface area contributed by atoms with Crippen LogP contribution in [0.3, 0.4) is 0 Å². The summed E-state index contributed by atoms with van der Waals surface area (Å²) in [6.45, 7) is 1.43. The van der Waals surface area contributed by atoms with E-state index in [0.29, 0.717) is 15.6 Å². The lowest BCUT2D eigenvalue weighted by Crippen LogP contribution is -2.41. The molecule has 3 aromatic carbocycles. The Hall–Kier alpha value is -1.42. The lowest BCUT2D eigenvalue weighted by atomic mass is 10.1. The number of carbonyl (C=O) groups is 1. The standard InChI is InChI=1S/C23H20Br2Cl2N2O3S/c1-15(17-3-2-4-19(25)12-17)28-23(30)14-29(13-16-5-10-21(26)22(27)11-16)33(31,32)20-8-6-18(24)7-9-20/h2-12,15H,13-14H2,1H3,(H,28,30)/t15-/m1/s1. The summed E-state index contributed by atoms with van der Waals surface area (Å²) in [4.78, 5) is 13.0. The van der Waals surface area contributed by atoms with E-state index in [2.05, 4.69) is 37.2 Å². The van der Waals surface area contributed by atoms with E-state index in [4.69, 9.17) is 23.2 Å². The minimum atomic E-state index is -3.97. The molecule has 0 aromatic heterocycles. The van der Waals surface area contributed by atoms with Gasteiger partial charge in [-0.2, -0.15) is 4.31 Å². The molecular formula is C23H20Br2Cl2N2O3S. The van der Waals surface area contributed by atoms with Crippen LogP contribution >= 0.6 is 55.1 Å². The molecule has 0 unspecified atom stereocenters. The van der Waals surface area contributed by atoms with E-state index in [1.54, 1.807) is 30.3 Å². The van der Waals surface area contributed by atoms with Gasteiger partial charge < -0.3 is 5.32 Å². The van der Waals surface area contributed by atoms with Crippen LogP contribution in [0.4, 0.5) is 0 Å². The van der Waals surface area contributed by atoms with Gasteiger partial charge >= 0.3 is 0 Å². The molecule has 3 aromatic rings. The Morgan fingerprint density at radius 3 is 2.30 bits per heavy atom. The second-order valence-corrected chi connectivity index (χ2v) is 11.9. The van der Waals surface area contributed by atoms with Crippen molar-refractivity contribution in [3.05, 3.63) is 96.8 Å². The number of halogens is 4. The first kappa shape index (κ1) is 26.2. The smallest absolute Gasteiger partial charge is 0.243 e. The van der Waals surface area contributed by atoms with Crippen LogP contribution in [0.5, 0.6) is 0 Å². The molecule has 174 valence electrons. The molecule has 0 aliphatic rings. The second kappa shape index (κ2) is 11.3. The van der Waals surface area contributed by atoms with Gasteiger partial charge in [0, 0.05) is 15.5 Å². The molecule has 1 N–H and O–H groups in total. The zero-order valence-electron chi connectivity index (χ0n) is 17.4. The summed E-state index contributed by atoms with van der Waals surface area (Å²) in [5, 5.41) is 3.54. The van der Waals surface area contributed by atoms with Crippen molar-refractivity contribution in [2.24, 2.45) is 0 Å². The van der Waals surface area contributed by atoms with Gasteiger partial charge in [-0.15, -0.1) is 0 Å². The van der Waals surface area contributed by atoms with E-state index in [1.807, 2.05) is 31.2 Å². The van der Waals surface area contributed by atoms with E-state index in [9.17, 15) is 13.2 Å². The highest BCUT2D eigenvalue weighted by Crippen LogP contribution is 2.26. The third kappa shape index (κ3) is 7.04. The van der Waals surface area contributed by atoms with Crippen LogP contribution in [0.25, 0.3) is 0 Å². The van der Waals surface area contributed by atoms with Gasteiger partial charge in [0.05, 0.1) is 27.5 Å². The van der Waals surface area contributed by atoms with Crippen molar-refractivity contribution in [3.63, 3.8) is 0 Å². The van der Waals surface area contributed by atoms with Gasteiger partial charge in [-0.1, -0.05) is 73.3 Å². The molecule has 1 amide bonds. The number of sulfonamides is 1. The average Bonchev–Trinajstić information content (AvgIpc) is 2.76. The number of hydrogen-bond acceptors (Lipinski definition) is 3. The number of hydrogen-bond donors (Lipinski definition) is 1. The maximum atomic E-state index is 13.4. The van der Waals surface area contributed by atoms with Crippen LogP contribution in [-0.2, 0) is 21.4 Å². The van der Waals surface area contributed by atoms with Gasteiger partial charge in [0.25, 0.3) is 0 Å². The molecule has 0 aliphatic heterocycles. The summed E-state index contributed by atoms with van der Waals surface area (Å²) < 4.78 is 29.6. The maximum Gasteiger partial charge on any atom is 0.243 e. The number of rotatable bonds is 8. The molecule has 33 heavy (non-hydrogen) atoms. The molecule has 10 heteroatoms. The van der Waals surface area contributed by atoms with Crippen LogP contribution in [-0.4, -0.2) is 25.2 Å². The van der Waals surface area contributed by atoms with Gasteiger partial charge in [-0.05, 0) is 66.6 Å². The van der Waals surface area contributed by atoms with Crippen molar-refractivity contribution >= 4 is 71.0 Å². The van der Waals surface area contributed by atoms with E-state index in [0.717, 1.165) is 18.8 Å². The summed E-state index contributed by atoms with van der Waals surface area (Å²) in [7, 11) is -3.97. The normalized spacial score (nSPS) is 12.5. The topological polar surface area (TPSA) is 66.5 Å². The fourth-order valence-electron chi connectivity index (χ4n) is 3.13. The molecule has 3 rings (SSSR count). The SMILES string of the molecule is C[C@@H](NC(=O)CN(Cc1ccc(Cl)c(Cl)c1)S(=O)(=O)c1ccc(Br)cc1)c1cccc(Br)c1. The van der Waals surface area contributed by atoms with Crippen molar-refractivity contribution < 1.29 is 13.2 Å². The molecule has 0 saturated heterocycles. The van der Waals surface area contributed by atoms with E-state index in [-0.39, 0.29) is 24.0 Å². The molecule has 0 aliphatic carbocycles. The van der Waals surface area contributed by atoms with Crippen molar-refractivity contribution in [2.75, 3.05) is 6.54 Å². The molecule has 0 spiro atoms. The third-order valence-electron chi connectivity index (χ3n) is 4.84. The largest absolute Gasteiger partial charge is 0.348 e. The molecule has 0 fully saturated rings. The van der Waals surface area contributed by atoms with Gasteiger partial charge in [-0.25, -0.2) is 8.42 Å². The Morgan fingerprint density at radius 2 is 1.67 bits per heavy atom. The lowest BCUT2D eigenvalue weighted by molar-refractivity contribution is -0.122. The number of carbonyl (C=O) groups excluding carboxylic acids is 1. The lowest BCUT2D eigenvalue weighted by Gasteiger charge is -2.23. The zero-order chi connectivity index (χ0) is 24.2. The second-order valence-electron chi connectivity index (χ2n) is 7.32. The maximum absolute atomic E-state index is 13.4. The van der Waals surface area contributed by atoms with Crippen LogP contribution < -0.4 is 5.32 Å². The molecule has 0 heterocycles. The molecule has 1 atom stereocenters. The van der Waals surface area contributed by atoms with Crippen LogP contribution in [0.2, 0.25) is 10.0 Å².